The number of carbonyl (C=O) groups is 2. The number of esters is 2. The number of nitrogens with two attached hydrogens (primary N) is 1. The molecule has 0 amide bonds. The van der Waals surface area contributed by atoms with Crippen molar-refractivity contribution in [2.45, 2.75) is 58.7 Å². The summed E-state index contributed by atoms with van der Waals surface area (Å²) in [6, 6.07) is 20.1. The van der Waals surface area contributed by atoms with Crippen LogP contribution in [0, 0.1) is 0 Å². The van der Waals surface area contributed by atoms with Crippen molar-refractivity contribution < 1.29 is 23.5 Å². The zero-order valence-corrected chi connectivity index (χ0v) is 25.7. The third-order valence-electron chi connectivity index (χ3n) is 7.16. The summed E-state index contributed by atoms with van der Waals surface area (Å²) >= 11 is 3.45. The van der Waals surface area contributed by atoms with Crippen molar-refractivity contribution in [2.75, 3.05) is 32.0 Å². The smallest absolute Gasteiger partial charge is 0.348 e. The molecule has 0 radical (unpaired) electrons. The van der Waals surface area contributed by atoms with Crippen LogP contribution in [0.2, 0.25) is 0 Å². The lowest BCUT2D eigenvalue weighted by atomic mass is 9.95. The minimum Gasteiger partial charge on any atom is -0.463 e. The van der Waals surface area contributed by atoms with Gasteiger partial charge in [0.25, 0.3) is 0 Å². The standard InChI is InChI=1S/C33H40BrFN2O4/c1-4-37(5-2)23-27-21-26(22-29(34)30(27)36)31(38)40-19-11-6-7-12-20-41-32(39)33(3,35)28-17-15-25(16-18-28)24-13-9-8-10-14-24/h8-10,13-18,21-22H,4-7,11-12,19-20,23,36H2,1-3H3. The molecule has 220 valence electrons. The van der Waals surface area contributed by atoms with Gasteiger partial charge in [0.15, 0.2) is 0 Å². The van der Waals surface area contributed by atoms with Gasteiger partial charge < -0.3 is 15.2 Å². The highest BCUT2D eigenvalue weighted by molar-refractivity contribution is 9.10. The van der Waals surface area contributed by atoms with Gasteiger partial charge in [-0.15, -0.1) is 0 Å². The van der Waals surface area contributed by atoms with Crippen molar-refractivity contribution in [1.29, 1.82) is 0 Å². The number of unbranched alkanes of at least 4 members (excludes halogenated alkanes) is 3. The van der Waals surface area contributed by atoms with Crippen molar-refractivity contribution in [2.24, 2.45) is 0 Å². The molecular formula is C33H40BrFN2O4. The number of nitrogen functional groups attached to an aromatic ring is 1. The topological polar surface area (TPSA) is 81.9 Å². The first-order valence-corrected chi connectivity index (χ1v) is 15.0. The van der Waals surface area contributed by atoms with Gasteiger partial charge in [0.2, 0.25) is 5.67 Å². The number of hydrogen-bond acceptors (Lipinski definition) is 6. The molecule has 0 aliphatic rings. The van der Waals surface area contributed by atoms with E-state index in [9.17, 15) is 9.59 Å². The van der Waals surface area contributed by atoms with Crippen LogP contribution in [-0.4, -0.2) is 43.1 Å². The first-order chi connectivity index (χ1) is 19.7. The first-order valence-electron chi connectivity index (χ1n) is 14.2. The monoisotopic (exact) mass is 626 g/mol. The minimum atomic E-state index is -2.23. The molecule has 1 atom stereocenters. The second-order valence-electron chi connectivity index (χ2n) is 10.1. The second-order valence-corrected chi connectivity index (χ2v) is 11.0. The zero-order chi connectivity index (χ0) is 29.8. The zero-order valence-electron chi connectivity index (χ0n) is 24.1. The van der Waals surface area contributed by atoms with Crippen LogP contribution in [0.4, 0.5) is 10.1 Å². The predicted molar refractivity (Wildman–Crippen MR) is 165 cm³/mol. The van der Waals surface area contributed by atoms with Crippen LogP contribution in [0.5, 0.6) is 0 Å². The molecule has 3 rings (SSSR count). The van der Waals surface area contributed by atoms with Gasteiger partial charge in [-0.1, -0.05) is 68.4 Å². The van der Waals surface area contributed by atoms with Crippen molar-refractivity contribution >= 4 is 33.6 Å². The van der Waals surface area contributed by atoms with Crippen LogP contribution >= 0.6 is 15.9 Å². The summed E-state index contributed by atoms with van der Waals surface area (Å²) in [5, 5.41) is 0. The third-order valence-corrected chi connectivity index (χ3v) is 7.82. The van der Waals surface area contributed by atoms with Gasteiger partial charge in [-0.05, 0) is 90.4 Å². The maximum atomic E-state index is 15.3. The number of carbonyl (C=O) groups excluding carboxylic acids is 2. The lowest BCUT2D eigenvalue weighted by Crippen LogP contribution is -2.30. The van der Waals surface area contributed by atoms with Gasteiger partial charge in [-0.25, -0.2) is 14.0 Å². The number of alkyl halides is 1. The Hall–Kier alpha value is -3.23. The molecule has 0 saturated carbocycles. The SMILES string of the molecule is CCN(CC)Cc1cc(C(=O)OCCCCCCOC(=O)C(C)(F)c2ccc(-c3ccccc3)cc2)cc(Br)c1N. The Morgan fingerprint density at radius 1 is 0.878 bits per heavy atom. The van der Waals surface area contributed by atoms with E-state index < -0.39 is 11.6 Å². The fraction of sp³-hybridized carbons (Fsp3) is 0.394. The molecule has 0 heterocycles. The maximum Gasteiger partial charge on any atom is 0.348 e. The van der Waals surface area contributed by atoms with E-state index in [2.05, 4.69) is 34.7 Å². The highest BCUT2D eigenvalue weighted by Crippen LogP contribution is 2.30. The fourth-order valence-corrected chi connectivity index (χ4v) is 4.94. The van der Waals surface area contributed by atoms with Crippen LogP contribution in [-0.2, 0) is 26.5 Å². The summed E-state index contributed by atoms with van der Waals surface area (Å²) in [6.45, 7) is 8.25. The van der Waals surface area contributed by atoms with Crippen LogP contribution < -0.4 is 5.73 Å². The van der Waals surface area contributed by atoms with Gasteiger partial charge in [0.05, 0.1) is 24.5 Å². The lowest BCUT2D eigenvalue weighted by Gasteiger charge is -2.20. The molecule has 0 bridgehead atoms. The maximum absolute atomic E-state index is 15.3. The van der Waals surface area contributed by atoms with Crippen molar-refractivity contribution in [1.82, 2.24) is 4.90 Å². The Balaban J connectivity index is 1.36. The number of hydrogen-bond donors (Lipinski definition) is 1. The van der Waals surface area contributed by atoms with E-state index in [4.69, 9.17) is 15.2 Å². The van der Waals surface area contributed by atoms with E-state index in [-0.39, 0.29) is 24.7 Å². The Bertz CT molecular complexity index is 1280. The number of nitrogens with zero attached hydrogens (tertiary/aromatic N) is 1. The highest BCUT2D eigenvalue weighted by atomic mass is 79.9. The molecule has 0 fully saturated rings. The molecule has 0 spiro atoms. The van der Waals surface area contributed by atoms with Crippen molar-refractivity contribution in [3.63, 3.8) is 0 Å². The average Bonchev–Trinajstić information content (AvgIpc) is 2.99. The molecule has 8 heteroatoms. The Labute approximate surface area is 251 Å². The van der Waals surface area contributed by atoms with E-state index in [1.807, 2.05) is 30.3 Å². The summed E-state index contributed by atoms with van der Waals surface area (Å²) in [6.07, 6.45) is 2.83. The van der Waals surface area contributed by atoms with Gasteiger partial charge in [-0.3, -0.25) is 4.90 Å². The normalized spacial score (nSPS) is 12.6. The lowest BCUT2D eigenvalue weighted by molar-refractivity contribution is -0.157. The van der Waals surface area contributed by atoms with Gasteiger partial charge in [-0.2, -0.15) is 0 Å². The summed E-state index contributed by atoms with van der Waals surface area (Å²) in [5.74, 6) is -1.28. The number of anilines is 1. The molecule has 41 heavy (non-hydrogen) atoms. The number of halogens is 2. The van der Waals surface area contributed by atoms with Gasteiger partial charge in [0, 0.05) is 16.6 Å². The predicted octanol–water partition coefficient (Wildman–Crippen LogP) is 7.69. The van der Waals surface area contributed by atoms with Crippen LogP contribution in [0.3, 0.4) is 0 Å². The molecule has 0 aromatic heterocycles. The van der Waals surface area contributed by atoms with Crippen LogP contribution in [0.15, 0.2) is 71.2 Å². The number of rotatable bonds is 15. The molecule has 3 aromatic rings. The summed E-state index contributed by atoms with van der Waals surface area (Å²) in [4.78, 5) is 27.3. The van der Waals surface area contributed by atoms with Gasteiger partial charge in [0.1, 0.15) is 0 Å². The number of ether oxygens (including phenoxy) is 2. The first kappa shape index (κ1) is 32.3. The van der Waals surface area contributed by atoms with E-state index in [1.165, 1.54) is 6.92 Å². The summed E-state index contributed by atoms with van der Waals surface area (Å²) < 4.78 is 26.7. The molecule has 6 nitrogen and oxygen atoms in total. The van der Waals surface area contributed by atoms with E-state index in [1.54, 1.807) is 36.4 Å². The second kappa shape index (κ2) is 15.7. The number of benzene rings is 3. The molecule has 1 unspecified atom stereocenters. The summed E-state index contributed by atoms with van der Waals surface area (Å²) in [5.41, 5.74) is 8.19. The average molecular weight is 628 g/mol. The van der Waals surface area contributed by atoms with Crippen molar-refractivity contribution in [3.8, 4) is 11.1 Å². The molecule has 3 aromatic carbocycles. The molecule has 2 N–H and O–H groups in total. The Morgan fingerprint density at radius 3 is 2.07 bits per heavy atom. The highest BCUT2D eigenvalue weighted by Gasteiger charge is 2.36. The Morgan fingerprint density at radius 2 is 1.46 bits per heavy atom. The third kappa shape index (κ3) is 9.13. The van der Waals surface area contributed by atoms with Crippen LogP contribution in [0.1, 0.15) is 67.9 Å². The largest absolute Gasteiger partial charge is 0.463 e. The Kier molecular flexibility index (Phi) is 12.4. The van der Waals surface area contributed by atoms with Crippen LogP contribution in [0.25, 0.3) is 11.1 Å². The molecular weight excluding hydrogens is 587 g/mol. The minimum absolute atomic E-state index is 0.134. The molecule has 0 aliphatic heterocycles. The van der Waals surface area contributed by atoms with E-state index >= 15 is 4.39 Å². The van der Waals surface area contributed by atoms with Gasteiger partial charge >= 0.3 is 11.9 Å². The fourth-order valence-electron chi connectivity index (χ4n) is 4.44. The van der Waals surface area contributed by atoms with Crippen molar-refractivity contribution in [3.05, 3.63) is 87.9 Å². The molecule has 0 saturated heterocycles. The van der Waals surface area contributed by atoms with E-state index in [0.717, 1.165) is 42.6 Å². The quantitative estimate of drug-likeness (QED) is 0.106. The van der Waals surface area contributed by atoms with E-state index in [0.29, 0.717) is 35.1 Å². The molecule has 0 aliphatic carbocycles. The summed E-state index contributed by atoms with van der Waals surface area (Å²) in [7, 11) is 0.